The van der Waals surface area contributed by atoms with Crippen molar-refractivity contribution in [2.45, 2.75) is 25.8 Å². The molecule has 3 nitrogen and oxygen atoms in total. The van der Waals surface area contributed by atoms with Crippen molar-refractivity contribution < 1.29 is 4.74 Å². The number of rotatable bonds is 4. The Morgan fingerprint density at radius 3 is 3.06 bits per heavy atom. The molecule has 1 aliphatic rings. The number of nitrogens with one attached hydrogen (secondary N) is 1. The lowest BCUT2D eigenvalue weighted by atomic mass is 9.94. The SMILES string of the molecule is Cc1cccc(C(CC2CCOC2)NN)c1. The van der Waals surface area contributed by atoms with Gasteiger partial charge in [-0.3, -0.25) is 11.3 Å². The van der Waals surface area contributed by atoms with Gasteiger partial charge in [0.2, 0.25) is 0 Å². The van der Waals surface area contributed by atoms with E-state index in [1.807, 2.05) is 0 Å². The molecule has 1 heterocycles. The van der Waals surface area contributed by atoms with Gasteiger partial charge in [-0.2, -0.15) is 0 Å². The first kappa shape index (κ1) is 11.6. The van der Waals surface area contributed by atoms with E-state index in [1.54, 1.807) is 0 Å². The maximum atomic E-state index is 5.64. The van der Waals surface area contributed by atoms with E-state index < -0.39 is 0 Å². The molecule has 0 aromatic heterocycles. The molecule has 1 saturated heterocycles. The van der Waals surface area contributed by atoms with Crippen molar-refractivity contribution in [2.75, 3.05) is 13.2 Å². The first-order valence-corrected chi connectivity index (χ1v) is 5.90. The maximum Gasteiger partial charge on any atom is 0.0495 e. The lowest BCUT2D eigenvalue weighted by Crippen LogP contribution is -2.29. The lowest BCUT2D eigenvalue weighted by Gasteiger charge is -2.19. The van der Waals surface area contributed by atoms with E-state index in [-0.39, 0.29) is 6.04 Å². The fourth-order valence-electron chi connectivity index (χ4n) is 2.29. The monoisotopic (exact) mass is 220 g/mol. The zero-order chi connectivity index (χ0) is 11.4. The van der Waals surface area contributed by atoms with Crippen LogP contribution in [0.1, 0.15) is 30.0 Å². The van der Waals surface area contributed by atoms with Gasteiger partial charge in [0.25, 0.3) is 0 Å². The number of hydrogen-bond donors (Lipinski definition) is 2. The summed E-state index contributed by atoms with van der Waals surface area (Å²) in [6, 6.07) is 8.76. The van der Waals surface area contributed by atoms with Crippen molar-refractivity contribution in [3.05, 3.63) is 35.4 Å². The number of aryl methyl sites for hydroxylation is 1. The van der Waals surface area contributed by atoms with E-state index in [2.05, 4.69) is 36.6 Å². The van der Waals surface area contributed by atoms with Crippen molar-refractivity contribution in [1.29, 1.82) is 0 Å². The van der Waals surface area contributed by atoms with E-state index >= 15 is 0 Å². The van der Waals surface area contributed by atoms with Crippen LogP contribution in [0.2, 0.25) is 0 Å². The van der Waals surface area contributed by atoms with Crippen LogP contribution in [0, 0.1) is 12.8 Å². The highest BCUT2D eigenvalue weighted by Gasteiger charge is 2.21. The quantitative estimate of drug-likeness (QED) is 0.602. The fourth-order valence-corrected chi connectivity index (χ4v) is 2.29. The maximum absolute atomic E-state index is 5.64. The second kappa shape index (κ2) is 5.43. The summed E-state index contributed by atoms with van der Waals surface area (Å²) in [5, 5.41) is 0. The standard InChI is InChI=1S/C13H20N2O/c1-10-3-2-4-12(7-10)13(15-14)8-11-5-6-16-9-11/h2-4,7,11,13,15H,5-6,8-9,14H2,1H3. The zero-order valence-electron chi connectivity index (χ0n) is 9.78. The number of benzene rings is 1. The molecular formula is C13H20N2O. The molecule has 3 heteroatoms. The van der Waals surface area contributed by atoms with Gasteiger partial charge in [0.1, 0.15) is 0 Å². The highest BCUT2D eigenvalue weighted by atomic mass is 16.5. The molecular weight excluding hydrogens is 200 g/mol. The molecule has 2 unspecified atom stereocenters. The first-order valence-electron chi connectivity index (χ1n) is 5.90. The summed E-state index contributed by atoms with van der Waals surface area (Å²) in [7, 11) is 0. The Morgan fingerprint density at radius 2 is 2.44 bits per heavy atom. The second-order valence-electron chi connectivity index (χ2n) is 4.60. The fraction of sp³-hybridized carbons (Fsp3) is 0.538. The smallest absolute Gasteiger partial charge is 0.0495 e. The topological polar surface area (TPSA) is 47.3 Å². The minimum Gasteiger partial charge on any atom is -0.381 e. The van der Waals surface area contributed by atoms with Gasteiger partial charge in [-0.1, -0.05) is 29.8 Å². The minimum absolute atomic E-state index is 0.242. The third-order valence-electron chi connectivity index (χ3n) is 3.24. The van der Waals surface area contributed by atoms with Crippen molar-refractivity contribution in [3.8, 4) is 0 Å². The van der Waals surface area contributed by atoms with Crippen LogP contribution in [-0.4, -0.2) is 13.2 Å². The number of nitrogens with two attached hydrogens (primary N) is 1. The largest absolute Gasteiger partial charge is 0.381 e. The molecule has 0 radical (unpaired) electrons. The average molecular weight is 220 g/mol. The zero-order valence-corrected chi connectivity index (χ0v) is 9.78. The van der Waals surface area contributed by atoms with Crippen LogP contribution in [0.15, 0.2) is 24.3 Å². The highest BCUT2D eigenvalue weighted by molar-refractivity contribution is 5.25. The van der Waals surface area contributed by atoms with E-state index in [4.69, 9.17) is 10.6 Å². The Morgan fingerprint density at radius 1 is 1.56 bits per heavy atom. The summed E-state index contributed by atoms with van der Waals surface area (Å²) in [6.45, 7) is 3.88. The number of ether oxygens (including phenoxy) is 1. The van der Waals surface area contributed by atoms with Gasteiger partial charge in [-0.25, -0.2) is 0 Å². The van der Waals surface area contributed by atoms with Crippen LogP contribution in [0.4, 0.5) is 0 Å². The van der Waals surface area contributed by atoms with E-state index in [1.165, 1.54) is 11.1 Å². The third-order valence-corrected chi connectivity index (χ3v) is 3.24. The molecule has 0 aliphatic carbocycles. The second-order valence-corrected chi connectivity index (χ2v) is 4.60. The molecule has 1 aromatic carbocycles. The highest BCUT2D eigenvalue weighted by Crippen LogP contribution is 2.26. The van der Waals surface area contributed by atoms with E-state index in [0.717, 1.165) is 26.1 Å². The third kappa shape index (κ3) is 2.82. The molecule has 2 rings (SSSR count). The van der Waals surface area contributed by atoms with Gasteiger partial charge in [-0.05, 0) is 31.2 Å². The van der Waals surface area contributed by atoms with Gasteiger partial charge < -0.3 is 4.74 Å². The number of hydrazine groups is 1. The minimum atomic E-state index is 0.242. The Labute approximate surface area is 97.0 Å². The predicted molar refractivity (Wildman–Crippen MR) is 64.8 cm³/mol. The summed E-state index contributed by atoms with van der Waals surface area (Å²) < 4.78 is 5.39. The predicted octanol–water partition coefficient (Wildman–Crippen LogP) is 1.93. The molecule has 0 saturated carbocycles. The van der Waals surface area contributed by atoms with Crippen LogP contribution in [0.5, 0.6) is 0 Å². The van der Waals surface area contributed by atoms with Crippen LogP contribution in [0.25, 0.3) is 0 Å². The molecule has 3 N–H and O–H groups in total. The van der Waals surface area contributed by atoms with Crippen molar-refractivity contribution in [1.82, 2.24) is 5.43 Å². The van der Waals surface area contributed by atoms with Crippen LogP contribution in [-0.2, 0) is 4.74 Å². The molecule has 2 atom stereocenters. The Kier molecular flexibility index (Phi) is 3.93. The van der Waals surface area contributed by atoms with Crippen molar-refractivity contribution in [3.63, 3.8) is 0 Å². The summed E-state index contributed by atoms with van der Waals surface area (Å²) in [4.78, 5) is 0. The van der Waals surface area contributed by atoms with Gasteiger partial charge in [0, 0.05) is 19.3 Å². The number of hydrogen-bond acceptors (Lipinski definition) is 3. The summed E-state index contributed by atoms with van der Waals surface area (Å²) in [5.74, 6) is 6.28. The Balaban J connectivity index is 2.03. The molecule has 88 valence electrons. The molecule has 16 heavy (non-hydrogen) atoms. The lowest BCUT2D eigenvalue weighted by molar-refractivity contribution is 0.181. The Bertz CT molecular complexity index is 334. The molecule has 0 amide bonds. The van der Waals surface area contributed by atoms with Gasteiger partial charge in [-0.15, -0.1) is 0 Å². The first-order chi connectivity index (χ1) is 7.79. The van der Waals surface area contributed by atoms with Crippen LogP contribution < -0.4 is 11.3 Å². The molecule has 1 aliphatic heterocycles. The summed E-state index contributed by atoms with van der Waals surface area (Å²) in [5.41, 5.74) is 5.47. The molecule has 1 aromatic rings. The Hall–Kier alpha value is -0.900. The van der Waals surface area contributed by atoms with Crippen molar-refractivity contribution in [2.24, 2.45) is 11.8 Å². The van der Waals surface area contributed by atoms with Crippen molar-refractivity contribution >= 4 is 0 Å². The van der Waals surface area contributed by atoms with E-state index in [9.17, 15) is 0 Å². The van der Waals surface area contributed by atoms with Gasteiger partial charge in [0.05, 0.1) is 0 Å². The summed E-state index contributed by atoms with van der Waals surface area (Å²) in [6.07, 6.45) is 2.21. The normalized spacial score (nSPS) is 22.2. The van der Waals surface area contributed by atoms with Crippen LogP contribution in [0.3, 0.4) is 0 Å². The molecule has 0 bridgehead atoms. The van der Waals surface area contributed by atoms with E-state index in [0.29, 0.717) is 5.92 Å². The molecule has 0 spiro atoms. The van der Waals surface area contributed by atoms with Gasteiger partial charge >= 0.3 is 0 Å². The van der Waals surface area contributed by atoms with Crippen LogP contribution >= 0.6 is 0 Å². The molecule has 1 fully saturated rings. The average Bonchev–Trinajstić information content (AvgIpc) is 2.78. The summed E-state index contributed by atoms with van der Waals surface area (Å²) >= 11 is 0. The van der Waals surface area contributed by atoms with Gasteiger partial charge in [0.15, 0.2) is 0 Å².